The van der Waals surface area contributed by atoms with Gasteiger partial charge in [-0.15, -0.1) is 11.8 Å². The summed E-state index contributed by atoms with van der Waals surface area (Å²) < 4.78 is 0. The van der Waals surface area contributed by atoms with Crippen molar-refractivity contribution in [3.63, 3.8) is 0 Å². The van der Waals surface area contributed by atoms with Crippen molar-refractivity contribution in [2.75, 3.05) is 11.6 Å². The Bertz CT molecular complexity index is 553. The number of nitrogens with zero attached hydrogens (tertiary/aromatic N) is 1. The van der Waals surface area contributed by atoms with Crippen LogP contribution in [0.1, 0.15) is 5.56 Å². The number of hydrogen-bond acceptors (Lipinski definition) is 4. The summed E-state index contributed by atoms with van der Waals surface area (Å²) in [6, 6.07) is 14.7. The van der Waals surface area contributed by atoms with Crippen LogP contribution in [0, 0.1) is 10.1 Å². The normalized spacial score (nSPS) is 10.2. The Kier molecular flexibility index (Phi) is 4.41. The van der Waals surface area contributed by atoms with Crippen molar-refractivity contribution in [1.29, 1.82) is 0 Å². The van der Waals surface area contributed by atoms with Crippen LogP contribution in [0.2, 0.25) is 0 Å². The van der Waals surface area contributed by atoms with Crippen LogP contribution in [0.25, 0.3) is 0 Å². The molecular weight excluding hydrogens is 260 g/mol. The summed E-state index contributed by atoms with van der Waals surface area (Å²) in [6.45, 7) is 0.649. The van der Waals surface area contributed by atoms with Crippen molar-refractivity contribution in [1.82, 2.24) is 0 Å². The van der Waals surface area contributed by atoms with E-state index in [1.807, 2.05) is 18.4 Å². The number of nitro benzene ring substituents is 1. The van der Waals surface area contributed by atoms with Crippen LogP contribution in [0.4, 0.5) is 11.4 Å². The summed E-state index contributed by atoms with van der Waals surface area (Å²) >= 11 is 1.70. The molecule has 0 saturated carbocycles. The summed E-state index contributed by atoms with van der Waals surface area (Å²) in [6.07, 6.45) is 2.04. The van der Waals surface area contributed by atoms with Gasteiger partial charge in [0.25, 0.3) is 5.69 Å². The van der Waals surface area contributed by atoms with E-state index in [0.717, 1.165) is 11.3 Å². The van der Waals surface area contributed by atoms with E-state index in [2.05, 4.69) is 17.4 Å². The maximum absolute atomic E-state index is 10.5. The van der Waals surface area contributed by atoms with E-state index < -0.39 is 4.92 Å². The number of nitrogens with one attached hydrogen (secondary N) is 1. The van der Waals surface area contributed by atoms with E-state index in [9.17, 15) is 10.1 Å². The van der Waals surface area contributed by atoms with E-state index in [1.54, 1.807) is 23.9 Å². The van der Waals surface area contributed by atoms with Gasteiger partial charge in [-0.3, -0.25) is 10.1 Å². The molecule has 19 heavy (non-hydrogen) atoms. The molecule has 0 fully saturated rings. The second kappa shape index (κ2) is 6.24. The minimum atomic E-state index is -0.391. The minimum Gasteiger partial charge on any atom is -0.381 e. The standard InChI is InChI=1S/C14H14N2O2S/c1-19-14-8-4-12(5-9-14)15-10-11-2-6-13(7-3-11)16(17)18/h2-9,15H,10H2,1H3. The van der Waals surface area contributed by atoms with E-state index in [0.29, 0.717) is 6.54 Å². The van der Waals surface area contributed by atoms with Gasteiger partial charge in [-0.1, -0.05) is 12.1 Å². The molecule has 0 aliphatic carbocycles. The molecule has 0 spiro atoms. The first-order chi connectivity index (χ1) is 9.19. The second-order valence-corrected chi connectivity index (χ2v) is 4.89. The maximum Gasteiger partial charge on any atom is 0.269 e. The lowest BCUT2D eigenvalue weighted by molar-refractivity contribution is -0.384. The Morgan fingerprint density at radius 2 is 1.74 bits per heavy atom. The van der Waals surface area contributed by atoms with Crippen molar-refractivity contribution < 1.29 is 4.92 Å². The molecule has 2 aromatic carbocycles. The largest absolute Gasteiger partial charge is 0.381 e. The molecule has 1 N–H and O–H groups in total. The third-order valence-electron chi connectivity index (χ3n) is 2.73. The molecule has 4 nitrogen and oxygen atoms in total. The van der Waals surface area contributed by atoms with Crippen LogP contribution in [-0.4, -0.2) is 11.2 Å². The minimum absolute atomic E-state index is 0.119. The van der Waals surface area contributed by atoms with Crippen LogP contribution in [-0.2, 0) is 6.54 Å². The number of non-ortho nitro benzene ring substituents is 1. The van der Waals surface area contributed by atoms with Gasteiger partial charge >= 0.3 is 0 Å². The zero-order chi connectivity index (χ0) is 13.7. The predicted molar refractivity (Wildman–Crippen MR) is 78.6 cm³/mol. The van der Waals surface area contributed by atoms with Gasteiger partial charge in [-0.25, -0.2) is 0 Å². The highest BCUT2D eigenvalue weighted by molar-refractivity contribution is 7.98. The summed E-state index contributed by atoms with van der Waals surface area (Å²) in [4.78, 5) is 11.4. The van der Waals surface area contributed by atoms with Gasteiger partial charge in [0.1, 0.15) is 0 Å². The molecule has 0 unspecified atom stereocenters. The molecule has 0 aliphatic heterocycles. The Hall–Kier alpha value is -2.01. The molecule has 0 heterocycles. The zero-order valence-electron chi connectivity index (χ0n) is 10.5. The van der Waals surface area contributed by atoms with E-state index in [-0.39, 0.29) is 5.69 Å². The van der Waals surface area contributed by atoms with Crippen molar-refractivity contribution in [3.8, 4) is 0 Å². The van der Waals surface area contributed by atoms with Crippen LogP contribution >= 0.6 is 11.8 Å². The van der Waals surface area contributed by atoms with E-state index in [1.165, 1.54) is 17.0 Å². The summed E-state index contributed by atoms with van der Waals surface area (Å²) in [5.41, 5.74) is 2.17. The van der Waals surface area contributed by atoms with E-state index in [4.69, 9.17) is 0 Å². The number of anilines is 1. The summed E-state index contributed by atoms with van der Waals surface area (Å²) in [7, 11) is 0. The summed E-state index contributed by atoms with van der Waals surface area (Å²) in [5.74, 6) is 0. The van der Waals surface area contributed by atoms with E-state index >= 15 is 0 Å². The number of nitro groups is 1. The van der Waals surface area contributed by atoms with Crippen molar-refractivity contribution in [3.05, 3.63) is 64.2 Å². The van der Waals surface area contributed by atoms with Crippen LogP contribution < -0.4 is 5.32 Å². The highest BCUT2D eigenvalue weighted by atomic mass is 32.2. The molecule has 98 valence electrons. The fraction of sp³-hybridized carbons (Fsp3) is 0.143. The van der Waals surface area contributed by atoms with Gasteiger partial charge in [0.2, 0.25) is 0 Å². The Morgan fingerprint density at radius 1 is 1.11 bits per heavy atom. The average molecular weight is 274 g/mol. The molecule has 5 heteroatoms. The third kappa shape index (κ3) is 3.72. The lowest BCUT2D eigenvalue weighted by atomic mass is 10.2. The first-order valence-electron chi connectivity index (χ1n) is 5.80. The third-order valence-corrected chi connectivity index (χ3v) is 3.48. The van der Waals surface area contributed by atoms with Gasteiger partial charge in [-0.05, 0) is 36.1 Å². The SMILES string of the molecule is CSc1ccc(NCc2ccc([N+](=O)[O-])cc2)cc1. The number of hydrogen-bond donors (Lipinski definition) is 1. The predicted octanol–water partition coefficient (Wildman–Crippen LogP) is 3.93. The Labute approximate surface area is 116 Å². The molecule has 0 radical (unpaired) electrons. The molecular formula is C14H14N2O2S. The fourth-order valence-electron chi connectivity index (χ4n) is 1.65. The molecule has 2 rings (SSSR count). The zero-order valence-corrected chi connectivity index (χ0v) is 11.3. The van der Waals surface area contributed by atoms with Crippen LogP contribution in [0.3, 0.4) is 0 Å². The quantitative estimate of drug-likeness (QED) is 0.510. The molecule has 0 bridgehead atoms. The van der Waals surface area contributed by atoms with Crippen molar-refractivity contribution in [2.24, 2.45) is 0 Å². The average Bonchev–Trinajstić information content (AvgIpc) is 2.46. The van der Waals surface area contributed by atoms with Crippen molar-refractivity contribution >= 4 is 23.1 Å². The Balaban J connectivity index is 1.95. The molecule has 2 aromatic rings. The summed E-state index contributed by atoms with van der Waals surface area (Å²) in [5, 5.41) is 13.8. The first-order valence-corrected chi connectivity index (χ1v) is 7.03. The van der Waals surface area contributed by atoms with Gasteiger partial charge in [0.05, 0.1) is 4.92 Å². The highest BCUT2D eigenvalue weighted by Gasteiger charge is 2.03. The van der Waals surface area contributed by atoms with Crippen molar-refractivity contribution in [2.45, 2.75) is 11.4 Å². The molecule has 0 amide bonds. The number of thioether (sulfide) groups is 1. The number of rotatable bonds is 5. The Morgan fingerprint density at radius 3 is 2.26 bits per heavy atom. The molecule has 0 saturated heterocycles. The van der Waals surface area contributed by atoms with Crippen LogP contribution in [0.15, 0.2) is 53.4 Å². The van der Waals surface area contributed by atoms with Crippen LogP contribution in [0.5, 0.6) is 0 Å². The van der Waals surface area contributed by atoms with Gasteiger partial charge in [0, 0.05) is 29.3 Å². The van der Waals surface area contributed by atoms with Gasteiger partial charge in [-0.2, -0.15) is 0 Å². The second-order valence-electron chi connectivity index (χ2n) is 4.01. The smallest absolute Gasteiger partial charge is 0.269 e. The molecule has 0 atom stereocenters. The first kappa shape index (κ1) is 13.4. The van der Waals surface area contributed by atoms with Gasteiger partial charge in [0.15, 0.2) is 0 Å². The lowest BCUT2D eigenvalue weighted by Gasteiger charge is -2.07. The highest BCUT2D eigenvalue weighted by Crippen LogP contribution is 2.18. The maximum atomic E-state index is 10.5. The molecule has 0 aromatic heterocycles. The van der Waals surface area contributed by atoms with Gasteiger partial charge < -0.3 is 5.32 Å². The topological polar surface area (TPSA) is 55.2 Å². The monoisotopic (exact) mass is 274 g/mol. The lowest BCUT2D eigenvalue weighted by Crippen LogP contribution is -1.99. The fourth-order valence-corrected chi connectivity index (χ4v) is 2.06. The number of benzene rings is 2. The molecule has 0 aliphatic rings.